The van der Waals surface area contributed by atoms with Crippen LogP contribution in [0.2, 0.25) is 0 Å². The van der Waals surface area contributed by atoms with Crippen LogP contribution in [0, 0.1) is 0 Å². The van der Waals surface area contributed by atoms with Crippen LogP contribution in [0.25, 0.3) is 0 Å². The Kier molecular flexibility index (Phi) is 5.85. The SMILES string of the molecule is CCSCC(C)NC(=O)c1cccc(OC)c1N. The summed E-state index contributed by atoms with van der Waals surface area (Å²) in [6, 6.07) is 5.32. The summed E-state index contributed by atoms with van der Waals surface area (Å²) >= 11 is 1.79. The molecule has 0 saturated carbocycles. The molecule has 0 radical (unpaired) electrons. The molecule has 1 aromatic carbocycles. The molecule has 0 saturated heterocycles. The smallest absolute Gasteiger partial charge is 0.253 e. The first-order valence-electron chi connectivity index (χ1n) is 5.91. The standard InChI is InChI=1S/C13H20N2O2S/c1-4-18-8-9(2)15-13(16)10-6-5-7-11(17-3)12(10)14/h5-7,9H,4,8,14H2,1-3H3,(H,15,16). The van der Waals surface area contributed by atoms with Crippen molar-refractivity contribution >= 4 is 23.4 Å². The number of carbonyl (C=O) groups excluding carboxylic acids is 1. The first kappa shape index (κ1) is 14.7. The van der Waals surface area contributed by atoms with Gasteiger partial charge < -0.3 is 15.8 Å². The summed E-state index contributed by atoms with van der Waals surface area (Å²) in [5, 5.41) is 2.93. The molecule has 0 fully saturated rings. The minimum absolute atomic E-state index is 0.119. The van der Waals surface area contributed by atoms with Crippen LogP contribution in [-0.2, 0) is 0 Å². The number of benzene rings is 1. The lowest BCUT2D eigenvalue weighted by molar-refractivity contribution is 0.0944. The highest BCUT2D eigenvalue weighted by Crippen LogP contribution is 2.24. The summed E-state index contributed by atoms with van der Waals surface area (Å²) < 4.78 is 5.10. The Hall–Kier alpha value is -1.36. The number of methoxy groups -OCH3 is 1. The zero-order valence-electron chi connectivity index (χ0n) is 11.0. The van der Waals surface area contributed by atoms with Crippen LogP contribution in [0.5, 0.6) is 5.75 Å². The third kappa shape index (κ3) is 3.84. The lowest BCUT2D eigenvalue weighted by Crippen LogP contribution is -2.34. The maximum Gasteiger partial charge on any atom is 0.253 e. The Bertz CT molecular complexity index is 410. The largest absolute Gasteiger partial charge is 0.495 e. The molecule has 0 bridgehead atoms. The van der Waals surface area contributed by atoms with Gasteiger partial charge in [0.2, 0.25) is 0 Å². The van der Waals surface area contributed by atoms with Gasteiger partial charge in [-0.1, -0.05) is 13.0 Å². The van der Waals surface area contributed by atoms with Crippen molar-refractivity contribution in [3.8, 4) is 5.75 Å². The Morgan fingerprint density at radius 1 is 1.56 bits per heavy atom. The third-order valence-electron chi connectivity index (χ3n) is 2.48. The lowest BCUT2D eigenvalue weighted by atomic mass is 10.1. The number of carbonyl (C=O) groups is 1. The molecule has 0 aliphatic carbocycles. The van der Waals surface area contributed by atoms with Crippen LogP contribution >= 0.6 is 11.8 Å². The Balaban J connectivity index is 2.72. The molecule has 4 nitrogen and oxygen atoms in total. The first-order valence-corrected chi connectivity index (χ1v) is 7.06. The topological polar surface area (TPSA) is 64.3 Å². The number of thioether (sulfide) groups is 1. The quantitative estimate of drug-likeness (QED) is 0.776. The minimum Gasteiger partial charge on any atom is -0.495 e. The number of hydrogen-bond donors (Lipinski definition) is 2. The molecular formula is C13H20N2O2S. The number of hydrogen-bond acceptors (Lipinski definition) is 4. The number of amides is 1. The summed E-state index contributed by atoms with van der Waals surface area (Å²) in [4.78, 5) is 12.1. The number of anilines is 1. The molecular weight excluding hydrogens is 248 g/mol. The van der Waals surface area contributed by atoms with E-state index in [9.17, 15) is 4.79 Å². The molecule has 1 unspecified atom stereocenters. The predicted molar refractivity (Wildman–Crippen MR) is 77.3 cm³/mol. The second-order valence-electron chi connectivity index (χ2n) is 3.96. The van der Waals surface area contributed by atoms with Crippen molar-refractivity contribution in [3.05, 3.63) is 23.8 Å². The summed E-state index contributed by atoms with van der Waals surface area (Å²) in [5.74, 6) is 2.31. The van der Waals surface area contributed by atoms with Crippen LogP contribution in [0.15, 0.2) is 18.2 Å². The Morgan fingerprint density at radius 2 is 2.28 bits per heavy atom. The van der Waals surface area contributed by atoms with E-state index in [1.807, 2.05) is 6.92 Å². The van der Waals surface area contributed by atoms with E-state index in [-0.39, 0.29) is 11.9 Å². The average molecular weight is 268 g/mol. The molecule has 1 amide bonds. The van der Waals surface area contributed by atoms with Gasteiger partial charge in [0.05, 0.1) is 18.4 Å². The molecule has 5 heteroatoms. The van der Waals surface area contributed by atoms with E-state index in [0.29, 0.717) is 17.0 Å². The maximum atomic E-state index is 12.1. The zero-order valence-corrected chi connectivity index (χ0v) is 11.8. The molecule has 18 heavy (non-hydrogen) atoms. The van der Waals surface area contributed by atoms with Gasteiger partial charge in [-0.2, -0.15) is 11.8 Å². The molecule has 0 spiro atoms. The monoisotopic (exact) mass is 268 g/mol. The van der Waals surface area contributed by atoms with Crippen molar-refractivity contribution in [3.63, 3.8) is 0 Å². The molecule has 0 aliphatic rings. The maximum absolute atomic E-state index is 12.1. The fourth-order valence-corrected chi connectivity index (χ4v) is 2.23. The minimum atomic E-state index is -0.157. The van der Waals surface area contributed by atoms with Crippen molar-refractivity contribution in [2.45, 2.75) is 19.9 Å². The molecule has 1 aromatic rings. The average Bonchev–Trinajstić information content (AvgIpc) is 2.36. The first-order chi connectivity index (χ1) is 8.60. The van der Waals surface area contributed by atoms with Gasteiger partial charge in [-0.3, -0.25) is 4.79 Å². The molecule has 0 aliphatic heterocycles. The van der Waals surface area contributed by atoms with Crippen LogP contribution in [-0.4, -0.2) is 30.6 Å². The Morgan fingerprint density at radius 3 is 2.89 bits per heavy atom. The van der Waals surface area contributed by atoms with Gasteiger partial charge in [0.15, 0.2) is 0 Å². The van der Waals surface area contributed by atoms with Crippen LogP contribution in [0.3, 0.4) is 0 Å². The van der Waals surface area contributed by atoms with Gasteiger partial charge in [0.1, 0.15) is 5.75 Å². The number of ether oxygens (including phenoxy) is 1. The molecule has 100 valence electrons. The molecule has 1 atom stereocenters. The van der Waals surface area contributed by atoms with E-state index in [0.717, 1.165) is 11.5 Å². The van der Waals surface area contributed by atoms with E-state index in [2.05, 4.69) is 12.2 Å². The number of nitrogens with one attached hydrogen (secondary N) is 1. The second kappa shape index (κ2) is 7.16. The highest BCUT2D eigenvalue weighted by molar-refractivity contribution is 7.99. The van der Waals surface area contributed by atoms with Crippen molar-refractivity contribution < 1.29 is 9.53 Å². The van der Waals surface area contributed by atoms with E-state index < -0.39 is 0 Å². The van der Waals surface area contributed by atoms with Gasteiger partial charge in [-0.05, 0) is 24.8 Å². The van der Waals surface area contributed by atoms with Crippen LogP contribution < -0.4 is 15.8 Å². The predicted octanol–water partition coefficient (Wildman–Crippen LogP) is 2.15. The summed E-state index contributed by atoms with van der Waals surface area (Å²) in [6.07, 6.45) is 0. The van der Waals surface area contributed by atoms with Gasteiger partial charge in [-0.15, -0.1) is 0 Å². The molecule has 0 heterocycles. The normalized spacial score (nSPS) is 11.9. The number of para-hydroxylation sites is 1. The van der Waals surface area contributed by atoms with Gasteiger partial charge in [0, 0.05) is 11.8 Å². The third-order valence-corrected chi connectivity index (χ3v) is 3.62. The molecule has 3 N–H and O–H groups in total. The van der Waals surface area contributed by atoms with Crippen LogP contribution in [0.4, 0.5) is 5.69 Å². The Labute approximate surface area is 112 Å². The van der Waals surface area contributed by atoms with Gasteiger partial charge in [-0.25, -0.2) is 0 Å². The van der Waals surface area contributed by atoms with Crippen molar-refractivity contribution in [2.75, 3.05) is 24.3 Å². The molecule has 0 aromatic heterocycles. The van der Waals surface area contributed by atoms with Gasteiger partial charge in [0.25, 0.3) is 5.91 Å². The van der Waals surface area contributed by atoms with Crippen molar-refractivity contribution in [1.29, 1.82) is 0 Å². The summed E-state index contributed by atoms with van der Waals surface area (Å²) in [6.45, 7) is 4.08. The van der Waals surface area contributed by atoms with Gasteiger partial charge >= 0.3 is 0 Å². The number of nitrogen functional groups attached to an aromatic ring is 1. The zero-order chi connectivity index (χ0) is 13.5. The lowest BCUT2D eigenvalue weighted by Gasteiger charge is -2.15. The highest BCUT2D eigenvalue weighted by Gasteiger charge is 2.14. The van der Waals surface area contributed by atoms with E-state index in [4.69, 9.17) is 10.5 Å². The van der Waals surface area contributed by atoms with E-state index >= 15 is 0 Å². The fourth-order valence-electron chi connectivity index (χ4n) is 1.56. The second-order valence-corrected chi connectivity index (χ2v) is 5.27. The number of nitrogens with two attached hydrogens (primary N) is 1. The summed E-state index contributed by atoms with van der Waals surface area (Å²) in [7, 11) is 1.54. The van der Waals surface area contributed by atoms with Crippen LogP contribution in [0.1, 0.15) is 24.2 Å². The number of rotatable bonds is 6. The van der Waals surface area contributed by atoms with E-state index in [1.54, 1.807) is 30.0 Å². The summed E-state index contributed by atoms with van der Waals surface area (Å²) in [5.41, 5.74) is 6.72. The van der Waals surface area contributed by atoms with E-state index in [1.165, 1.54) is 7.11 Å². The van der Waals surface area contributed by atoms with Crippen molar-refractivity contribution in [2.24, 2.45) is 0 Å². The van der Waals surface area contributed by atoms with Crippen molar-refractivity contribution in [1.82, 2.24) is 5.32 Å². The highest BCUT2D eigenvalue weighted by atomic mass is 32.2. The molecule has 1 rings (SSSR count). The fraction of sp³-hybridized carbons (Fsp3) is 0.462.